The topological polar surface area (TPSA) is 87.7 Å². The summed E-state index contributed by atoms with van der Waals surface area (Å²) in [6.45, 7) is 0. The quantitative estimate of drug-likeness (QED) is 0.734. The molecule has 1 aliphatic carbocycles. The number of urea groups is 1. The predicted octanol–water partition coefficient (Wildman–Crippen LogP) is 1.16. The lowest BCUT2D eigenvalue weighted by molar-refractivity contribution is -0.139. The lowest BCUT2D eigenvalue weighted by atomic mass is 9.89. The molecule has 1 saturated carbocycles. The van der Waals surface area contributed by atoms with Crippen molar-refractivity contribution in [2.45, 2.75) is 37.5 Å². The maximum atomic E-state index is 11.8. The minimum absolute atomic E-state index is 0.0566. The standard InChI is InChI=1S/C15H20N2O4/c1-21-12-8-11(9-12)16-15(20)17-13(14(18)19)7-10-5-3-2-4-6-10/h2-6,11-13H,7-9H2,1H3,(H,18,19)(H2,16,17,20)/t11?,12?,13-/m0/s1. The molecule has 0 heterocycles. The molecule has 3 N–H and O–H groups in total. The number of carboxylic acid groups (broad SMARTS) is 1. The molecule has 6 nitrogen and oxygen atoms in total. The smallest absolute Gasteiger partial charge is 0.326 e. The second kappa shape index (κ2) is 7.08. The summed E-state index contributed by atoms with van der Waals surface area (Å²) in [6, 6.07) is 7.89. The van der Waals surface area contributed by atoms with Gasteiger partial charge >= 0.3 is 12.0 Å². The Morgan fingerprint density at radius 1 is 1.33 bits per heavy atom. The van der Waals surface area contributed by atoms with E-state index in [1.807, 2.05) is 30.3 Å². The van der Waals surface area contributed by atoms with Crippen LogP contribution in [0.3, 0.4) is 0 Å². The Labute approximate surface area is 123 Å². The van der Waals surface area contributed by atoms with Crippen molar-refractivity contribution in [2.75, 3.05) is 7.11 Å². The van der Waals surface area contributed by atoms with Crippen LogP contribution in [0.2, 0.25) is 0 Å². The number of hydrogen-bond donors (Lipinski definition) is 3. The van der Waals surface area contributed by atoms with Crippen molar-refractivity contribution in [3.63, 3.8) is 0 Å². The molecular weight excluding hydrogens is 272 g/mol. The van der Waals surface area contributed by atoms with Crippen LogP contribution in [0.4, 0.5) is 4.79 Å². The zero-order valence-corrected chi connectivity index (χ0v) is 11.9. The van der Waals surface area contributed by atoms with Gasteiger partial charge in [-0.25, -0.2) is 9.59 Å². The first-order valence-corrected chi connectivity index (χ1v) is 6.95. The van der Waals surface area contributed by atoms with E-state index >= 15 is 0 Å². The molecule has 0 unspecified atom stereocenters. The van der Waals surface area contributed by atoms with Gasteiger partial charge in [-0.15, -0.1) is 0 Å². The van der Waals surface area contributed by atoms with Gasteiger partial charge in [-0.1, -0.05) is 30.3 Å². The molecular formula is C15H20N2O4. The van der Waals surface area contributed by atoms with Crippen molar-refractivity contribution in [1.29, 1.82) is 0 Å². The summed E-state index contributed by atoms with van der Waals surface area (Å²) in [5, 5.41) is 14.5. The number of carbonyl (C=O) groups is 2. The van der Waals surface area contributed by atoms with Crippen LogP contribution in [-0.2, 0) is 16.0 Å². The molecule has 114 valence electrons. The molecule has 0 saturated heterocycles. The molecule has 1 atom stereocenters. The average molecular weight is 292 g/mol. The van der Waals surface area contributed by atoms with Crippen molar-refractivity contribution >= 4 is 12.0 Å². The van der Waals surface area contributed by atoms with Crippen LogP contribution in [0.25, 0.3) is 0 Å². The molecule has 2 rings (SSSR count). The van der Waals surface area contributed by atoms with Crippen LogP contribution in [0.1, 0.15) is 18.4 Å². The van der Waals surface area contributed by atoms with Gasteiger partial charge in [-0.3, -0.25) is 0 Å². The zero-order chi connectivity index (χ0) is 15.2. The Morgan fingerprint density at radius 3 is 2.57 bits per heavy atom. The van der Waals surface area contributed by atoms with E-state index in [9.17, 15) is 14.7 Å². The van der Waals surface area contributed by atoms with Crippen LogP contribution < -0.4 is 10.6 Å². The largest absolute Gasteiger partial charge is 0.480 e. The third-order valence-electron chi connectivity index (χ3n) is 3.65. The van der Waals surface area contributed by atoms with Crippen molar-refractivity contribution in [2.24, 2.45) is 0 Å². The molecule has 1 aliphatic rings. The number of rotatable bonds is 6. The lowest BCUT2D eigenvalue weighted by Crippen LogP contribution is -2.54. The number of carbonyl (C=O) groups excluding carboxylic acids is 1. The fourth-order valence-corrected chi connectivity index (χ4v) is 2.31. The lowest BCUT2D eigenvalue weighted by Gasteiger charge is -2.34. The van der Waals surface area contributed by atoms with Crippen LogP contribution in [0, 0.1) is 0 Å². The van der Waals surface area contributed by atoms with Crippen molar-refractivity contribution < 1.29 is 19.4 Å². The molecule has 0 spiro atoms. The van der Waals surface area contributed by atoms with Gasteiger partial charge in [0.15, 0.2) is 0 Å². The van der Waals surface area contributed by atoms with E-state index in [0.29, 0.717) is 0 Å². The van der Waals surface area contributed by atoms with Gasteiger partial charge in [0.2, 0.25) is 0 Å². The Bertz CT molecular complexity index is 486. The third kappa shape index (κ3) is 4.46. The van der Waals surface area contributed by atoms with Gasteiger partial charge in [0.05, 0.1) is 6.10 Å². The minimum Gasteiger partial charge on any atom is -0.480 e. The summed E-state index contributed by atoms with van der Waals surface area (Å²) in [5.41, 5.74) is 0.869. The Balaban J connectivity index is 1.82. The maximum Gasteiger partial charge on any atom is 0.326 e. The number of benzene rings is 1. The average Bonchev–Trinajstić information content (AvgIpc) is 2.42. The van der Waals surface area contributed by atoms with E-state index < -0.39 is 18.0 Å². The Hall–Kier alpha value is -2.08. The van der Waals surface area contributed by atoms with E-state index in [4.69, 9.17) is 4.74 Å². The highest BCUT2D eigenvalue weighted by atomic mass is 16.5. The molecule has 1 fully saturated rings. The first-order valence-electron chi connectivity index (χ1n) is 6.95. The van der Waals surface area contributed by atoms with Crippen molar-refractivity contribution in [1.82, 2.24) is 10.6 Å². The fraction of sp³-hybridized carbons (Fsp3) is 0.467. The van der Waals surface area contributed by atoms with Gasteiger partial charge in [-0.2, -0.15) is 0 Å². The van der Waals surface area contributed by atoms with Gasteiger partial charge in [0, 0.05) is 19.6 Å². The minimum atomic E-state index is -1.04. The maximum absolute atomic E-state index is 11.8. The Kier molecular flexibility index (Phi) is 5.16. The number of hydrogen-bond acceptors (Lipinski definition) is 3. The predicted molar refractivity (Wildman–Crippen MR) is 77.1 cm³/mol. The fourth-order valence-electron chi connectivity index (χ4n) is 2.31. The summed E-state index contributed by atoms with van der Waals surface area (Å²) in [6.07, 6.45) is 1.98. The molecule has 2 amide bonds. The molecule has 21 heavy (non-hydrogen) atoms. The van der Waals surface area contributed by atoms with E-state index in [1.165, 1.54) is 0 Å². The first-order chi connectivity index (χ1) is 10.1. The summed E-state index contributed by atoms with van der Waals surface area (Å²) in [7, 11) is 1.64. The highest BCUT2D eigenvalue weighted by molar-refractivity contribution is 5.82. The molecule has 1 aromatic carbocycles. The second-order valence-corrected chi connectivity index (χ2v) is 5.22. The van der Waals surface area contributed by atoms with Crippen LogP contribution >= 0.6 is 0 Å². The Morgan fingerprint density at radius 2 is 2.00 bits per heavy atom. The second-order valence-electron chi connectivity index (χ2n) is 5.22. The van der Waals surface area contributed by atoms with E-state index in [-0.39, 0.29) is 18.6 Å². The zero-order valence-electron chi connectivity index (χ0n) is 11.9. The number of ether oxygens (including phenoxy) is 1. The summed E-state index contributed by atoms with van der Waals surface area (Å²) in [5.74, 6) is -1.04. The molecule has 0 aromatic heterocycles. The van der Waals surface area contributed by atoms with Crippen LogP contribution in [0.5, 0.6) is 0 Å². The molecule has 1 aromatic rings. The number of aliphatic carboxylic acids is 1. The molecule has 0 aliphatic heterocycles. The van der Waals surface area contributed by atoms with Gasteiger partial charge in [0.1, 0.15) is 6.04 Å². The monoisotopic (exact) mass is 292 g/mol. The normalized spacial score (nSPS) is 22.0. The van der Waals surface area contributed by atoms with Crippen LogP contribution in [-0.4, -0.2) is 42.4 Å². The van der Waals surface area contributed by atoms with Gasteiger partial charge < -0.3 is 20.5 Å². The summed E-state index contributed by atoms with van der Waals surface area (Å²) < 4.78 is 5.13. The van der Waals surface area contributed by atoms with E-state index in [1.54, 1.807) is 7.11 Å². The summed E-state index contributed by atoms with van der Waals surface area (Å²) >= 11 is 0. The highest BCUT2D eigenvalue weighted by Gasteiger charge is 2.31. The number of carboxylic acids is 1. The van der Waals surface area contributed by atoms with Crippen molar-refractivity contribution in [3.05, 3.63) is 35.9 Å². The van der Waals surface area contributed by atoms with E-state index in [0.717, 1.165) is 18.4 Å². The van der Waals surface area contributed by atoms with Crippen molar-refractivity contribution in [3.8, 4) is 0 Å². The number of amides is 2. The number of methoxy groups -OCH3 is 1. The molecule has 0 radical (unpaired) electrons. The molecule has 0 bridgehead atoms. The van der Waals surface area contributed by atoms with Gasteiger partial charge in [0.25, 0.3) is 0 Å². The first kappa shape index (κ1) is 15.3. The summed E-state index contributed by atoms with van der Waals surface area (Å²) in [4.78, 5) is 23.1. The SMILES string of the molecule is COC1CC(NC(=O)N[C@@H](Cc2ccccc2)C(=O)O)C1. The number of nitrogens with one attached hydrogen (secondary N) is 2. The van der Waals surface area contributed by atoms with E-state index in [2.05, 4.69) is 10.6 Å². The molecule has 6 heteroatoms. The van der Waals surface area contributed by atoms with Crippen LogP contribution in [0.15, 0.2) is 30.3 Å². The highest BCUT2D eigenvalue weighted by Crippen LogP contribution is 2.22. The third-order valence-corrected chi connectivity index (χ3v) is 3.65. The van der Waals surface area contributed by atoms with Gasteiger partial charge in [-0.05, 0) is 18.4 Å².